The molecule has 0 spiro atoms. The number of hydrogen-bond acceptors (Lipinski definition) is 3. The van der Waals surface area contributed by atoms with Gasteiger partial charge in [-0.3, -0.25) is 0 Å². The minimum Gasteiger partial charge on any atom is -0.502 e. The summed E-state index contributed by atoms with van der Waals surface area (Å²) in [6.07, 6.45) is 0. The fraction of sp³-hybridized carbons (Fsp3) is 0.280. The van der Waals surface area contributed by atoms with Gasteiger partial charge >= 0.3 is 8.80 Å². The Hall–Kier alpha value is -2.17. The summed E-state index contributed by atoms with van der Waals surface area (Å²) >= 11 is 0. The van der Waals surface area contributed by atoms with Gasteiger partial charge in [-0.25, -0.2) is 0 Å². The third-order valence-electron chi connectivity index (χ3n) is 4.96. The van der Waals surface area contributed by atoms with Crippen LogP contribution in [0.4, 0.5) is 0 Å². The van der Waals surface area contributed by atoms with Crippen molar-refractivity contribution in [2.24, 2.45) is 0 Å². The first-order valence-electron chi connectivity index (χ1n) is 11.1. The quantitative estimate of drug-likeness (QED) is 0.258. The third-order valence-corrected chi connectivity index (χ3v) is 13.4. The third kappa shape index (κ3) is 5.08. The number of hydrogen-bond donors (Lipinski definition) is 0. The first kappa shape index (κ1) is 23.0. The maximum absolute atomic E-state index is 6.49. The van der Waals surface area contributed by atoms with Gasteiger partial charge in [-0.05, 0) is 75.7 Å². The zero-order valence-corrected chi connectivity index (χ0v) is 23.1. The van der Waals surface area contributed by atoms with Crippen LogP contribution in [0, 0.1) is 0 Å². The highest BCUT2D eigenvalue weighted by molar-refractivity contribution is 6.85. The van der Waals surface area contributed by atoms with Crippen LogP contribution in [0.15, 0.2) is 72.8 Å². The van der Waals surface area contributed by atoms with E-state index in [1.54, 1.807) is 0 Å². The summed E-state index contributed by atoms with van der Waals surface area (Å²) in [5.41, 5.74) is 3.51. The second-order valence-corrected chi connectivity index (χ2v) is 22.3. The molecule has 0 unspecified atom stereocenters. The summed E-state index contributed by atoms with van der Waals surface area (Å²) in [4.78, 5) is 0. The molecule has 3 aromatic carbocycles. The molecular weight excluding hydrogens is 447 g/mol. The Morgan fingerprint density at radius 1 is 0.562 bits per heavy atom. The smallest absolute Gasteiger partial charge is 0.502 e. The van der Waals surface area contributed by atoms with Gasteiger partial charge in [0.2, 0.25) is 0 Å². The Labute approximate surface area is 194 Å². The fourth-order valence-electron chi connectivity index (χ4n) is 4.25. The van der Waals surface area contributed by atoms with Crippen molar-refractivity contribution in [3.05, 3.63) is 72.8 Å². The van der Waals surface area contributed by atoms with Crippen LogP contribution in [0.25, 0.3) is 27.5 Å². The maximum Gasteiger partial charge on any atom is 0.541 e. The SMILES string of the molecule is C[Si](C)(C)O[Si](C)(Oc1ccc(-n2c3ccccc3c3ccccc32)cc1)O[Si](C)(C)C. The summed E-state index contributed by atoms with van der Waals surface area (Å²) in [5.74, 6) is 0.792. The molecule has 0 aliphatic rings. The van der Waals surface area contributed by atoms with Gasteiger partial charge in [0.1, 0.15) is 5.75 Å². The lowest BCUT2D eigenvalue weighted by atomic mass is 10.2. The van der Waals surface area contributed by atoms with E-state index in [9.17, 15) is 0 Å². The van der Waals surface area contributed by atoms with Crippen molar-refractivity contribution in [3.63, 3.8) is 0 Å². The zero-order chi connectivity index (χ0) is 23.1. The highest BCUT2D eigenvalue weighted by Gasteiger charge is 2.45. The first-order valence-corrected chi connectivity index (χ1v) is 20.2. The minimum atomic E-state index is -2.82. The van der Waals surface area contributed by atoms with E-state index in [0.717, 1.165) is 11.4 Å². The number of rotatable bonds is 7. The number of nitrogens with zero attached hydrogens (tertiary/aromatic N) is 1. The number of fused-ring (bicyclic) bond motifs is 3. The van der Waals surface area contributed by atoms with Crippen molar-refractivity contribution in [2.45, 2.75) is 45.8 Å². The second-order valence-electron chi connectivity index (χ2n) is 10.3. The molecule has 0 radical (unpaired) electrons. The van der Waals surface area contributed by atoms with Crippen molar-refractivity contribution in [3.8, 4) is 11.4 Å². The molecule has 0 saturated heterocycles. The van der Waals surface area contributed by atoms with E-state index in [1.807, 2.05) is 18.7 Å². The largest absolute Gasteiger partial charge is 0.541 e. The molecule has 0 amide bonds. The topological polar surface area (TPSA) is 32.6 Å². The van der Waals surface area contributed by atoms with Crippen LogP contribution < -0.4 is 4.43 Å². The van der Waals surface area contributed by atoms with Crippen LogP contribution in [-0.2, 0) is 8.23 Å². The van der Waals surface area contributed by atoms with Crippen molar-refractivity contribution in [1.82, 2.24) is 4.57 Å². The van der Waals surface area contributed by atoms with Crippen molar-refractivity contribution < 1.29 is 12.7 Å². The van der Waals surface area contributed by atoms with Gasteiger partial charge in [0.25, 0.3) is 0 Å². The summed E-state index contributed by atoms with van der Waals surface area (Å²) in [7, 11) is -6.48. The Morgan fingerprint density at radius 2 is 1.00 bits per heavy atom. The molecule has 0 aliphatic heterocycles. The Balaban J connectivity index is 1.70. The molecule has 7 heteroatoms. The van der Waals surface area contributed by atoms with Crippen molar-refractivity contribution in [1.29, 1.82) is 0 Å². The Bertz CT molecular complexity index is 1170. The van der Waals surface area contributed by atoms with Gasteiger partial charge < -0.3 is 17.2 Å². The van der Waals surface area contributed by atoms with Crippen LogP contribution in [0.3, 0.4) is 0 Å². The number of benzene rings is 3. The monoisotopic (exact) mass is 479 g/mol. The number of para-hydroxylation sites is 2. The van der Waals surface area contributed by atoms with E-state index in [-0.39, 0.29) is 0 Å². The molecule has 4 nitrogen and oxygen atoms in total. The van der Waals surface area contributed by atoms with Gasteiger partial charge in [0.15, 0.2) is 16.6 Å². The average molecular weight is 480 g/mol. The van der Waals surface area contributed by atoms with E-state index in [2.05, 4.69) is 105 Å². The molecule has 168 valence electrons. The van der Waals surface area contributed by atoms with Crippen LogP contribution in [0.2, 0.25) is 45.8 Å². The lowest BCUT2D eigenvalue weighted by Gasteiger charge is -2.37. The molecule has 0 bridgehead atoms. The Kier molecular flexibility index (Phi) is 5.98. The van der Waals surface area contributed by atoms with Gasteiger partial charge in [-0.2, -0.15) is 0 Å². The molecule has 0 atom stereocenters. The van der Waals surface area contributed by atoms with Crippen LogP contribution >= 0.6 is 0 Å². The molecule has 1 heterocycles. The second kappa shape index (κ2) is 8.31. The molecule has 0 aliphatic carbocycles. The van der Waals surface area contributed by atoms with E-state index < -0.39 is 25.4 Å². The molecule has 0 fully saturated rings. The molecule has 0 saturated carbocycles. The van der Waals surface area contributed by atoms with Gasteiger partial charge in [0, 0.05) is 23.0 Å². The van der Waals surface area contributed by atoms with Gasteiger partial charge in [-0.1, -0.05) is 36.4 Å². The highest BCUT2D eigenvalue weighted by atomic mass is 28.5. The summed E-state index contributed by atoms with van der Waals surface area (Å²) in [5, 5.41) is 2.52. The summed E-state index contributed by atoms with van der Waals surface area (Å²) in [6, 6.07) is 25.4. The normalized spacial score (nSPS) is 13.1. The minimum absolute atomic E-state index is 0.792. The van der Waals surface area contributed by atoms with Gasteiger partial charge in [0.05, 0.1) is 11.0 Å². The fourth-order valence-corrected chi connectivity index (χ4v) is 14.6. The molecule has 4 aromatic rings. The highest BCUT2D eigenvalue weighted by Crippen LogP contribution is 2.33. The van der Waals surface area contributed by atoms with Crippen LogP contribution in [-0.4, -0.2) is 30.0 Å². The van der Waals surface area contributed by atoms with Crippen LogP contribution in [0.1, 0.15) is 0 Å². The molecule has 0 N–H and O–H groups in total. The first-order chi connectivity index (χ1) is 14.9. The molecule has 1 aromatic heterocycles. The lowest BCUT2D eigenvalue weighted by Crippen LogP contribution is -2.56. The van der Waals surface area contributed by atoms with E-state index in [4.69, 9.17) is 12.7 Å². The average Bonchev–Trinajstić information content (AvgIpc) is 3.00. The Morgan fingerprint density at radius 3 is 1.44 bits per heavy atom. The van der Waals surface area contributed by atoms with E-state index in [1.165, 1.54) is 21.8 Å². The summed E-state index contributed by atoms with van der Waals surface area (Å²) < 4.78 is 21.7. The molecular formula is C25H33NO3Si3. The zero-order valence-electron chi connectivity index (χ0n) is 20.1. The van der Waals surface area contributed by atoms with E-state index in [0.29, 0.717) is 0 Å². The predicted octanol–water partition coefficient (Wildman–Crippen LogP) is 7.43. The standard InChI is InChI=1S/C25H33NO3Si3/c1-30(2,3)28-32(7,29-31(4,5)6)27-21-18-16-20(17-19-21)26-24-14-10-8-12-22(24)23-13-9-11-15-25(23)26/h8-19H,1-7H3. The number of aromatic nitrogens is 1. The predicted molar refractivity (Wildman–Crippen MR) is 142 cm³/mol. The summed E-state index contributed by atoms with van der Waals surface area (Å²) in [6.45, 7) is 15.1. The molecule has 32 heavy (non-hydrogen) atoms. The lowest BCUT2D eigenvalue weighted by molar-refractivity contribution is 0.266. The van der Waals surface area contributed by atoms with Crippen molar-refractivity contribution in [2.75, 3.05) is 0 Å². The van der Waals surface area contributed by atoms with Crippen LogP contribution in [0.5, 0.6) is 5.75 Å². The van der Waals surface area contributed by atoms with Crippen molar-refractivity contribution >= 4 is 47.2 Å². The molecule has 4 rings (SSSR count). The van der Waals surface area contributed by atoms with E-state index >= 15 is 0 Å². The maximum atomic E-state index is 6.49. The van der Waals surface area contributed by atoms with Gasteiger partial charge in [-0.15, -0.1) is 0 Å².